The Morgan fingerprint density at radius 1 is 1.07 bits per heavy atom. The maximum Gasteiger partial charge on any atom is 0.325 e. The lowest BCUT2D eigenvalue weighted by Gasteiger charge is -2.14. The maximum absolute atomic E-state index is 12.8. The van der Waals surface area contributed by atoms with Gasteiger partial charge in [-0.3, -0.25) is 19.0 Å². The molecule has 0 unspecified atom stereocenters. The second-order valence-corrected chi connectivity index (χ2v) is 6.34. The van der Waals surface area contributed by atoms with Crippen molar-refractivity contribution in [2.45, 2.75) is 45.6 Å². The highest BCUT2D eigenvalue weighted by Gasteiger charge is 2.14. The molecule has 1 aromatic heterocycles. The van der Waals surface area contributed by atoms with Crippen molar-refractivity contribution < 1.29 is 14.3 Å². The van der Waals surface area contributed by atoms with Gasteiger partial charge >= 0.3 is 5.97 Å². The van der Waals surface area contributed by atoms with Crippen LogP contribution in [0.2, 0.25) is 0 Å². The van der Waals surface area contributed by atoms with E-state index in [0.29, 0.717) is 12.8 Å². The average Bonchev–Trinajstić information content (AvgIpc) is 2.69. The molecule has 0 fully saturated rings. The molecule has 0 saturated heterocycles. The first kappa shape index (κ1) is 20.4. The number of carbonyl (C=O) groups excluding carboxylic acids is 2. The number of esters is 1. The third-order valence-electron chi connectivity index (χ3n) is 4.32. The first-order valence-electron chi connectivity index (χ1n) is 9.18. The van der Waals surface area contributed by atoms with E-state index in [9.17, 15) is 14.4 Å². The van der Waals surface area contributed by atoms with Crippen LogP contribution in [-0.4, -0.2) is 23.6 Å². The summed E-state index contributed by atoms with van der Waals surface area (Å²) in [6.45, 7) is 1.90. The summed E-state index contributed by atoms with van der Waals surface area (Å²) >= 11 is 0. The fourth-order valence-corrected chi connectivity index (χ4v) is 2.77. The first-order valence-corrected chi connectivity index (χ1v) is 9.18. The smallest absolute Gasteiger partial charge is 0.325 e. The van der Waals surface area contributed by atoms with E-state index in [1.54, 1.807) is 12.1 Å². The molecule has 2 rings (SSSR count). The number of unbranched alkanes of at least 4 members (excludes halogenated alkanes) is 1. The van der Waals surface area contributed by atoms with Gasteiger partial charge in [0.15, 0.2) is 0 Å². The molecule has 1 amide bonds. The lowest BCUT2D eigenvalue weighted by Crippen LogP contribution is -2.31. The molecule has 0 radical (unpaired) electrons. The molecular formula is C21H26N2O4. The molecule has 0 aliphatic carbocycles. The molecule has 0 aliphatic heterocycles. The standard InChI is InChI=1S/C21H26N2O4/c1-3-4-10-17-12-13-18(21(26)23(17)15-20(25)27-2)22-19(24)14-11-16-8-6-5-7-9-16/h5-9,12-13H,3-4,10-11,14-15H2,1-2H3,(H,22,24). The van der Waals surface area contributed by atoms with Crippen molar-refractivity contribution in [1.82, 2.24) is 4.57 Å². The summed E-state index contributed by atoms with van der Waals surface area (Å²) in [5.41, 5.74) is 1.61. The second-order valence-electron chi connectivity index (χ2n) is 6.34. The zero-order chi connectivity index (χ0) is 19.6. The van der Waals surface area contributed by atoms with Crippen LogP contribution in [0.3, 0.4) is 0 Å². The molecular weight excluding hydrogens is 344 g/mol. The minimum atomic E-state index is -0.498. The van der Waals surface area contributed by atoms with Gasteiger partial charge in [-0.1, -0.05) is 43.7 Å². The number of amides is 1. The number of benzene rings is 1. The van der Waals surface area contributed by atoms with Crippen LogP contribution in [-0.2, 0) is 33.7 Å². The van der Waals surface area contributed by atoms with Crippen molar-refractivity contribution in [2.24, 2.45) is 0 Å². The van der Waals surface area contributed by atoms with E-state index >= 15 is 0 Å². The Morgan fingerprint density at radius 3 is 2.48 bits per heavy atom. The van der Waals surface area contributed by atoms with E-state index in [0.717, 1.165) is 24.1 Å². The molecule has 2 aromatic rings. The van der Waals surface area contributed by atoms with Crippen LogP contribution in [0.15, 0.2) is 47.3 Å². The highest BCUT2D eigenvalue weighted by molar-refractivity contribution is 5.90. The molecule has 0 aliphatic rings. The Bertz CT molecular complexity index is 828. The van der Waals surface area contributed by atoms with Gasteiger partial charge < -0.3 is 10.1 Å². The largest absolute Gasteiger partial charge is 0.468 e. The van der Waals surface area contributed by atoms with Gasteiger partial charge in [0, 0.05) is 12.1 Å². The van der Waals surface area contributed by atoms with Crippen molar-refractivity contribution in [3.8, 4) is 0 Å². The number of nitrogens with zero attached hydrogens (tertiary/aromatic N) is 1. The predicted molar refractivity (Wildman–Crippen MR) is 105 cm³/mol. The zero-order valence-corrected chi connectivity index (χ0v) is 15.9. The lowest BCUT2D eigenvalue weighted by atomic mass is 10.1. The van der Waals surface area contributed by atoms with Crippen LogP contribution >= 0.6 is 0 Å². The van der Waals surface area contributed by atoms with Gasteiger partial charge in [-0.05, 0) is 37.0 Å². The van der Waals surface area contributed by atoms with Gasteiger partial charge in [0.1, 0.15) is 12.2 Å². The molecule has 1 aromatic carbocycles. The molecule has 6 heteroatoms. The molecule has 0 saturated carbocycles. The summed E-state index contributed by atoms with van der Waals surface area (Å²) in [5.74, 6) is -0.732. The van der Waals surface area contributed by atoms with E-state index in [1.165, 1.54) is 11.7 Å². The van der Waals surface area contributed by atoms with E-state index in [-0.39, 0.29) is 30.1 Å². The van der Waals surface area contributed by atoms with Crippen LogP contribution in [0.1, 0.15) is 37.4 Å². The highest BCUT2D eigenvalue weighted by atomic mass is 16.5. The summed E-state index contributed by atoms with van der Waals surface area (Å²) in [6.07, 6.45) is 3.44. The Kier molecular flexibility index (Phi) is 7.79. The van der Waals surface area contributed by atoms with E-state index < -0.39 is 5.97 Å². The molecule has 0 atom stereocenters. The third-order valence-corrected chi connectivity index (χ3v) is 4.32. The van der Waals surface area contributed by atoms with E-state index in [1.807, 2.05) is 30.3 Å². The predicted octanol–water partition coefficient (Wildman–Crippen LogP) is 2.94. The number of rotatable bonds is 9. The normalized spacial score (nSPS) is 10.4. The number of hydrogen-bond acceptors (Lipinski definition) is 4. The van der Waals surface area contributed by atoms with Crippen molar-refractivity contribution in [1.29, 1.82) is 0 Å². The minimum Gasteiger partial charge on any atom is -0.468 e. The van der Waals surface area contributed by atoms with Crippen molar-refractivity contribution in [2.75, 3.05) is 12.4 Å². The van der Waals surface area contributed by atoms with Gasteiger partial charge in [0.2, 0.25) is 5.91 Å². The maximum atomic E-state index is 12.8. The Labute approximate surface area is 159 Å². The molecule has 27 heavy (non-hydrogen) atoms. The topological polar surface area (TPSA) is 77.4 Å². The number of aromatic nitrogens is 1. The first-order chi connectivity index (χ1) is 13.0. The molecule has 1 heterocycles. The lowest BCUT2D eigenvalue weighted by molar-refractivity contribution is -0.141. The average molecular weight is 370 g/mol. The second kappa shape index (κ2) is 10.3. The quantitative estimate of drug-likeness (QED) is 0.689. The van der Waals surface area contributed by atoms with Gasteiger partial charge in [-0.2, -0.15) is 0 Å². The van der Waals surface area contributed by atoms with Gasteiger partial charge in [-0.25, -0.2) is 0 Å². The third kappa shape index (κ3) is 6.09. The van der Waals surface area contributed by atoms with E-state index in [4.69, 9.17) is 4.74 Å². The van der Waals surface area contributed by atoms with Crippen LogP contribution in [0.5, 0.6) is 0 Å². The van der Waals surface area contributed by atoms with Crippen LogP contribution in [0.25, 0.3) is 0 Å². The Hall–Kier alpha value is -2.89. The SMILES string of the molecule is CCCCc1ccc(NC(=O)CCc2ccccc2)c(=O)n1CC(=O)OC. The number of nitrogens with one attached hydrogen (secondary N) is 1. The molecule has 0 spiro atoms. The van der Waals surface area contributed by atoms with Gasteiger partial charge in [-0.15, -0.1) is 0 Å². The number of carbonyl (C=O) groups is 2. The Balaban J connectivity index is 2.13. The number of aryl methyl sites for hydroxylation is 2. The summed E-state index contributed by atoms with van der Waals surface area (Å²) in [4.78, 5) is 36.7. The monoisotopic (exact) mass is 370 g/mol. The van der Waals surface area contributed by atoms with Crippen molar-refractivity contribution in [3.05, 3.63) is 64.1 Å². The zero-order valence-electron chi connectivity index (χ0n) is 15.9. The minimum absolute atomic E-state index is 0.165. The number of hydrogen-bond donors (Lipinski definition) is 1. The van der Waals surface area contributed by atoms with Crippen LogP contribution in [0, 0.1) is 0 Å². The summed E-state index contributed by atoms with van der Waals surface area (Å²) in [6, 6.07) is 13.1. The van der Waals surface area contributed by atoms with Gasteiger partial charge in [0.05, 0.1) is 7.11 Å². The van der Waals surface area contributed by atoms with Crippen LogP contribution in [0.4, 0.5) is 5.69 Å². The van der Waals surface area contributed by atoms with Crippen LogP contribution < -0.4 is 10.9 Å². The van der Waals surface area contributed by atoms with Gasteiger partial charge in [0.25, 0.3) is 5.56 Å². The fourth-order valence-electron chi connectivity index (χ4n) is 2.77. The summed E-state index contributed by atoms with van der Waals surface area (Å²) in [5, 5.41) is 2.67. The molecule has 144 valence electrons. The fraction of sp³-hybridized carbons (Fsp3) is 0.381. The van der Waals surface area contributed by atoms with Crippen molar-refractivity contribution >= 4 is 17.6 Å². The highest BCUT2D eigenvalue weighted by Crippen LogP contribution is 2.10. The number of anilines is 1. The number of methoxy groups -OCH3 is 1. The molecule has 1 N–H and O–H groups in total. The summed E-state index contributed by atoms with van der Waals surface area (Å²) < 4.78 is 6.07. The number of pyridine rings is 1. The van der Waals surface area contributed by atoms with Crippen molar-refractivity contribution in [3.63, 3.8) is 0 Å². The summed E-state index contributed by atoms with van der Waals surface area (Å²) in [7, 11) is 1.29. The molecule has 0 bridgehead atoms. The molecule has 6 nitrogen and oxygen atoms in total. The number of ether oxygens (including phenoxy) is 1. The van der Waals surface area contributed by atoms with E-state index in [2.05, 4.69) is 12.2 Å². The Morgan fingerprint density at radius 2 is 1.81 bits per heavy atom.